The molecule has 0 aliphatic heterocycles. The molecule has 0 bridgehead atoms. The predicted molar refractivity (Wildman–Crippen MR) is 42.7 cm³/mol. The summed E-state index contributed by atoms with van der Waals surface area (Å²) in [5.41, 5.74) is 0.429. The average molecular weight is 184 g/mol. The number of imidazole rings is 1. The highest BCUT2D eigenvalue weighted by Crippen LogP contribution is 2.25. The predicted octanol–water partition coefficient (Wildman–Crippen LogP) is 2.14. The lowest BCUT2D eigenvalue weighted by atomic mass is 10.3. The van der Waals surface area contributed by atoms with Gasteiger partial charge < -0.3 is 5.11 Å². The van der Waals surface area contributed by atoms with Crippen molar-refractivity contribution in [1.29, 1.82) is 0 Å². The molecule has 0 fully saturated rings. The first-order valence-electron chi connectivity index (χ1n) is 3.63. The van der Waals surface area contributed by atoms with Crippen molar-refractivity contribution in [1.82, 2.24) is 9.55 Å². The lowest BCUT2D eigenvalue weighted by Gasteiger charge is -2.00. The molecule has 1 heterocycles. The number of aromatic hydroxyl groups is 1. The first-order chi connectivity index (χ1) is 6.20. The van der Waals surface area contributed by atoms with Gasteiger partial charge in [-0.05, 0) is 12.1 Å². The van der Waals surface area contributed by atoms with E-state index < -0.39 is 6.55 Å². The van der Waals surface area contributed by atoms with E-state index in [2.05, 4.69) is 4.98 Å². The summed E-state index contributed by atoms with van der Waals surface area (Å²) in [6.45, 7) is -2.63. The van der Waals surface area contributed by atoms with Gasteiger partial charge in [-0.25, -0.2) is 4.98 Å². The van der Waals surface area contributed by atoms with Gasteiger partial charge in [0.05, 0.1) is 5.52 Å². The summed E-state index contributed by atoms with van der Waals surface area (Å²) in [6, 6.07) is 4.39. The van der Waals surface area contributed by atoms with Gasteiger partial charge in [0, 0.05) is 0 Å². The van der Waals surface area contributed by atoms with E-state index in [1.165, 1.54) is 18.2 Å². The minimum absolute atomic E-state index is 0.0862. The topological polar surface area (TPSA) is 38.1 Å². The first kappa shape index (κ1) is 7.97. The molecule has 1 aromatic carbocycles. The Bertz CT molecular complexity index is 439. The van der Waals surface area contributed by atoms with Crippen molar-refractivity contribution >= 4 is 11.0 Å². The lowest BCUT2D eigenvalue weighted by molar-refractivity contribution is 0.0746. The second kappa shape index (κ2) is 2.69. The second-order valence-corrected chi connectivity index (χ2v) is 2.57. The summed E-state index contributed by atoms with van der Waals surface area (Å²) in [6.07, 6.45) is 1.01. The van der Waals surface area contributed by atoms with Crippen LogP contribution in [0.4, 0.5) is 8.78 Å². The van der Waals surface area contributed by atoms with Crippen molar-refractivity contribution in [2.45, 2.75) is 6.55 Å². The van der Waals surface area contributed by atoms with Crippen molar-refractivity contribution in [2.24, 2.45) is 0 Å². The highest BCUT2D eigenvalue weighted by Gasteiger charge is 2.11. The number of hydrogen-bond donors (Lipinski definition) is 1. The van der Waals surface area contributed by atoms with E-state index in [1.807, 2.05) is 0 Å². The van der Waals surface area contributed by atoms with Gasteiger partial charge in [0.1, 0.15) is 17.6 Å². The van der Waals surface area contributed by atoms with E-state index in [4.69, 9.17) is 0 Å². The molecule has 2 rings (SSSR count). The van der Waals surface area contributed by atoms with Gasteiger partial charge in [-0.1, -0.05) is 6.07 Å². The van der Waals surface area contributed by atoms with Crippen molar-refractivity contribution in [3.63, 3.8) is 0 Å². The summed E-state index contributed by atoms with van der Waals surface area (Å²) in [4.78, 5) is 3.67. The number of phenolic OH excluding ortho intramolecular Hbond substituents is 1. The third-order valence-corrected chi connectivity index (χ3v) is 1.79. The Morgan fingerprint density at radius 3 is 2.85 bits per heavy atom. The second-order valence-electron chi connectivity index (χ2n) is 2.57. The smallest absolute Gasteiger partial charge is 0.320 e. The zero-order valence-corrected chi connectivity index (χ0v) is 6.48. The Balaban J connectivity index is 2.75. The molecule has 1 aromatic heterocycles. The van der Waals surface area contributed by atoms with Gasteiger partial charge in [0.15, 0.2) is 0 Å². The van der Waals surface area contributed by atoms with Crippen LogP contribution in [0.25, 0.3) is 11.0 Å². The van der Waals surface area contributed by atoms with Gasteiger partial charge >= 0.3 is 6.55 Å². The van der Waals surface area contributed by atoms with Crippen LogP contribution < -0.4 is 0 Å². The fourth-order valence-electron chi connectivity index (χ4n) is 1.20. The molecule has 2 aromatic rings. The minimum Gasteiger partial charge on any atom is -0.506 e. The van der Waals surface area contributed by atoms with E-state index in [-0.39, 0.29) is 16.8 Å². The number of benzene rings is 1. The standard InChI is InChI=1S/C8H6F2N2O/c9-8(10)12-4-11-7-5(12)2-1-3-6(7)13/h1-4,8,13H. The Morgan fingerprint density at radius 2 is 2.15 bits per heavy atom. The van der Waals surface area contributed by atoms with E-state index in [0.29, 0.717) is 4.57 Å². The number of aromatic nitrogens is 2. The monoisotopic (exact) mass is 184 g/mol. The Morgan fingerprint density at radius 1 is 1.38 bits per heavy atom. The molecule has 68 valence electrons. The maximum absolute atomic E-state index is 12.3. The number of hydrogen-bond acceptors (Lipinski definition) is 2. The number of halogens is 2. The molecule has 0 unspecified atom stereocenters. The molecule has 3 nitrogen and oxygen atoms in total. The number of alkyl halides is 2. The average Bonchev–Trinajstić information content (AvgIpc) is 2.48. The minimum atomic E-state index is -2.63. The van der Waals surface area contributed by atoms with Gasteiger partial charge in [0.2, 0.25) is 0 Å². The van der Waals surface area contributed by atoms with Crippen molar-refractivity contribution in [3.8, 4) is 5.75 Å². The molecule has 0 saturated heterocycles. The molecule has 0 saturated carbocycles. The zero-order chi connectivity index (χ0) is 9.42. The van der Waals surface area contributed by atoms with E-state index in [0.717, 1.165) is 6.33 Å². The van der Waals surface area contributed by atoms with Crippen LogP contribution in [0.1, 0.15) is 6.55 Å². The van der Waals surface area contributed by atoms with Gasteiger partial charge in [0.25, 0.3) is 0 Å². The largest absolute Gasteiger partial charge is 0.506 e. The summed E-state index contributed by atoms with van der Waals surface area (Å²) in [5, 5.41) is 9.25. The summed E-state index contributed by atoms with van der Waals surface area (Å²) in [5.74, 6) is -0.0862. The molecule has 0 radical (unpaired) electrons. The van der Waals surface area contributed by atoms with Gasteiger partial charge in [-0.15, -0.1) is 0 Å². The fraction of sp³-hybridized carbons (Fsp3) is 0.125. The van der Waals surface area contributed by atoms with Crippen LogP contribution in [-0.2, 0) is 0 Å². The van der Waals surface area contributed by atoms with Crippen molar-refractivity contribution in [2.75, 3.05) is 0 Å². The number of fused-ring (bicyclic) bond motifs is 1. The molecular formula is C8H6F2N2O. The highest BCUT2D eigenvalue weighted by molar-refractivity contribution is 5.81. The highest BCUT2D eigenvalue weighted by atomic mass is 19.3. The molecule has 0 spiro atoms. The molecule has 0 aliphatic carbocycles. The van der Waals surface area contributed by atoms with E-state index in [1.54, 1.807) is 0 Å². The maximum atomic E-state index is 12.3. The van der Waals surface area contributed by atoms with Crippen LogP contribution in [-0.4, -0.2) is 14.7 Å². The Hall–Kier alpha value is -1.65. The number of phenols is 1. The van der Waals surface area contributed by atoms with Crippen LogP contribution in [0.2, 0.25) is 0 Å². The quantitative estimate of drug-likeness (QED) is 0.737. The number of rotatable bonds is 1. The first-order valence-corrected chi connectivity index (χ1v) is 3.63. The normalized spacial score (nSPS) is 11.3. The molecule has 13 heavy (non-hydrogen) atoms. The van der Waals surface area contributed by atoms with Crippen molar-refractivity contribution in [3.05, 3.63) is 24.5 Å². The third-order valence-electron chi connectivity index (χ3n) is 1.79. The molecule has 0 aliphatic rings. The molecule has 1 N–H and O–H groups in total. The van der Waals surface area contributed by atoms with Gasteiger partial charge in [-0.3, -0.25) is 4.57 Å². The molecule has 0 atom stereocenters. The summed E-state index contributed by atoms with van der Waals surface area (Å²) >= 11 is 0. The number of nitrogens with zero attached hydrogens (tertiary/aromatic N) is 2. The van der Waals surface area contributed by atoms with Crippen molar-refractivity contribution < 1.29 is 13.9 Å². The van der Waals surface area contributed by atoms with Crippen LogP contribution in [0.5, 0.6) is 5.75 Å². The summed E-state index contributed by atoms with van der Waals surface area (Å²) < 4.78 is 25.3. The van der Waals surface area contributed by atoms with E-state index in [9.17, 15) is 13.9 Å². The van der Waals surface area contributed by atoms with Gasteiger partial charge in [-0.2, -0.15) is 8.78 Å². The zero-order valence-electron chi connectivity index (χ0n) is 6.48. The number of para-hydroxylation sites is 1. The third kappa shape index (κ3) is 1.12. The maximum Gasteiger partial charge on any atom is 0.320 e. The Kier molecular flexibility index (Phi) is 1.65. The SMILES string of the molecule is Oc1cccc2c1ncn2C(F)F. The Labute approximate surface area is 72.2 Å². The van der Waals surface area contributed by atoms with Crippen LogP contribution in [0, 0.1) is 0 Å². The van der Waals surface area contributed by atoms with E-state index >= 15 is 0 Å². The van der Waals surface area contributed by atoms with Crippen LogP contribution >= 0.6 is 0 Å². The van der Waals surface area contributed by atoms with Crippen LogP contribution in [0.15, 0.2) is 24.5 Å². The fourth-order valence-corrected chi connectivity index (χ4v) is 1.20. The lowest BCUT2D eigenvalue weighted by Crippen LogP contribution is -1.94. The van der Waals surface area contributed by atoms with Crippen LogP contribution in [0.3, 0.4) is 0 Å². The molecular weight excluding hydrogens is 178 g/mol. The summed E-state index contributed by atoms with van der Waals surface area (Å²) in [7, 11) is 0. The molecule has 5 heteroatoms. The molecule has 0 amide bonds.